The first-order valence-corrected chi connectivity index (χ1v) is 18.1. The number of rotatable bonds is 4. The van der Waals surface area contributed by atoms with Crippen molar-refractivity contribution in [2.24, 2.45) is 23.7 Å². The van der Waals surface area contributed by atoms with E-state index < -0.39 is 23.9 Å². The molecule has 4 aliphatic carbocycles. The van der Waals surface area contributed by atoms with Crippen molar-refractivity contribution in [1.82, 2.24) is 0 Å². The van der Waals surface area contributed by atoms with E-state index in [2.05, 4.69) is 0 Å². The molecule has 4 rings (SSSR count). The Hall–Kier alpha value is -1.41. The fourth-order valence-electron chi connectivity index (χ4n) is 6.81. The largest absolute Gasteiger partial charge is 0.481 e. The fraction of sp³-hybridized carbons (Fsp3) is 0.889. The first-order valence-electron chi connectivity index (χ1n) is 18.1. The summed E-state index contributed by atoms with van der Waals surface area (Å²) in [6.45, 7) is 0. The molecule has 8 nitrogen and oxygen atoms in total. The number of aliphatic carboxylic acids is 4. The first kappa shape index (κ1) is 43.6. The molecule has 0 unspecified atom stereocenters. The third-order valence-electron chi connectivity index (χ3n) is 9.82. The van der Waals surface area contributed by atoms with E-state index in [9.17, 15) is 19.2 Å². The number of carbonyl (C=O) groups is 4. The van der Waals surface area contributed by atoms with Crippen LogP contribution in [0.4, 0.5) is 0 Å². The van der Waals surface area contributed by atoms with Gasteiger partial charge in [0.25, 0.3) is 0 Å². The van der Waals surface area contributed by atoms with Crippen molar-refractivity contribution in [2.75, 3.05) is 0 Å². The van der Waals surface area contributed by atoms with E-state index in [0.29, 0.717) is 0 Å². The zero-order valence-corrected chi connectivity index (χ0v) is 29.6. The van der Waals surface area contributed by atoms with Crippen molar-refractivity contribution in [3.8, 4) is 0 Å². The van der Waals surface area contributed by atoms with Gasteiger partial charge in [0, 0.05) is 21.7 Å². The van der Waals surface area contributed by atoms with Crippen molar-refractivity contribution >= 4 is 23.9 Å². The summed E-state index contributed by atoms with van der Waals surface area (Å²) < 4.78 is 0. The zero-order chi connectivity index (χ0) is 32.4. The van der Waals surface area contributed by atoms with Crippen molar-refractivity contribution in [3.63, 3.8) is 0 Å². The van der Waals surface area contributed by atoms with Crippen LogP contribution < -0.4 is 0 Å². The minimum atomic E-state index is -0.591. The van der Waals surface area contributed by atoms with E-state index in [1.807, 2.05) is 0 Å². The monoisotopic (exact) mass is 672 g/mol. The molecule has 9 heteroatoms. The summed E-state index contributed by atoms with van der Waals surface area (Å²) in [5, 5.41) is 35.0. The van der Waals surface area contributed by atoms with Crippen LogP contribution in [0.25, 0.3) is 0 Å². The number of hydrogen-bond acceptors (Lipinski definition) is 4. The van der Waals surface area contributed by atoms with Crippen LogP contribution in [0.15, 0.2) is 0 Å². The van der Waals surface area contributed by atoms with Gasteiger partial charge in [-0.1, -0.05) is 128 Å². The first-order chi connectivity index (χ1) is 21.2. The van der Waals surface area contributed by atoms with Gasteiger partial charge in [0.15, 0.2) is 0 Å². The summed E-state index contributed by atoms with van der Waals surface area (Å²) in [7, 11) is 0. The van der Waals surface area contributed by atoms with Crippen molar-refractivity contribution in [3.05, 3.63) is 0 Å². The Morgan fingerprint density at radius 1 is 0.267 bits per heavy atom. The van der Waals surface area contributed by atoms with Gasteiger partial charge >= 0.3 is 23.9 Å². The van der Waals surface area contributed by atoms with Crippen LogP contribution in [-0.2, 0) is 40.9 Å². The van der Waals surface area contributed by atoms with Crippen molar-refractivity contribution < 1.29 is 61.3 Å². The molecule has 0 spiro atoms. The molecule has 0 atom stereocenters. The summed E-state index contributed by atoms with van der Waals surface area (Å²) in [6, 6.07) is 0. The Balaban J connectivity index is 0.000000569. The minimum absolute atomic E-state index is 0. The summed E-state index contributed by atoms with van der Waals surface area (Å²) in [5.74, 6) is -2.55. The molecule has 0 aliphatic heterocycles. The van der Waals surface area contributed by atoms with Crippen LogP contribution in [0.2, 0.25) is 0 Å². The van der Waals surface area contributed by atoms with Crippen LogP contribution in [0.3, 0.4) is 0 Å². The maximum Gasteiger partial charge on any atom is 0.306 e. The van der Waals surface area contributed by atoms with Gasteiger partial charge in [-0.15, -0.1) is 0 Å². The van der Waals surface area contributed by atoms with E-state index in [-0.39, 0.29) is 45.4 Å². The van der Waals surface area contributed by atoms with E-state index in [0.717, 1.165) is 103 Å². The van der Waals surface area contributed by atoms with Crippen LogP contribution >= 0.6 is 0 Å². The van der Waals surface area contributed by atoms with Gasteiger partial charge < -0.3 is 20.4 Å². The van der Waals surface area contributed by atoms with Crippen LogP contribution in [0.5, 0.6) is 0 Å². The zero-order valence-electron chi connectivity index (χ0n) is 28.0. The fourth-order valence-corrected chi connectivity index (χ4v) is 6.81. The van der Waals surface area contributed by atoms with Crippen molar-refractivity contribution in [2.45, 2.75) is 180 Å². The Morgan fingerprint density at radius 3 is 0.489 bits per heavy atom. The van der Waals surface area contributed by atoms with E-state index in [1.54, 1.807) is 0 Å². The van der Waals surface area contributed by atoms with Gasteiger partial charge in [-0.3, -0.25) is 19.2 Å². The van der Waals surface area contributed by atoms with Crippen LogP contribution in [0.1, 0.15) is 180 Å². The second kappa shape index (κ2) is 28.8. The van der Waals surface area contributed by atoms with Gasteiger partial charge in [0.05, 0.1) is 23.7 Å². The number of carboxylic acids is 4. The molecule has 4 aliphatic rings. The number of carboxylic acid groups (broad SMARTS) is 4. The molecule has 0 bridgehead atoms. The van der Waals surface area contributed by atoms with Gasteiger partial charge in [-0.25, -0.2) is 0 Å². The summed E-state index contributed by atoms with van der Waals surface area (Å²) in [4.78, 5) is 42.5. The Bertz CT molecular complexity index is 629. The summed E-state index contributed by atoms with van der Waals surface area (Å²) >= 11 is 0. The van der Waals surface area contributed by atoms with E-state index in [4.69, 9.17) is 20.4 Å². The Kier molecular flexibility index (Phi) is 27.9. The smallest absolute Gasteiger partial charge is 0.306 e. The molecule has 0 aromatic heterocycles. The average molecular weight is 673 g/mol. The second-order valence-electron chi connectivity index (χ2n) is 13.5. The average Bonchev–Trinajstić information content (AvgIpc) is 2.88. The predicted octanol–water partition coefficient (Wildman–Crippen LogP) is 9.72. The van der Waals surface area contributed by atoms with Gasteiger partial charge in [0.1, 0.15) is 0 Å². The van der Waals surface area contributed by atoms with Gasteiger partial charge in [0.2, 0.25) is 0 Å². The topological polar surface area (TPSA) is 149 Å². The molecule has 4 N–H and O–H groups in total. The molecule has 0 heterocycles. The minimum Gasteiger partial charge on any atom is -0.481 e. The molecule has 0 aromatic rings. The predicted molar refractivity (Wildman–Crippen MR) is 174 cm³/mol. The molecule has 4 saturated carbocycles. The molecule has 45 heavy (non-hydrogen) atoms. The molecular weight excluding hydrogens is 608 g/mol. The molecule has 0 saturated heterocycles. The maximum atomic E-state index is 10.6. The third kappa shape index (κ3) is 23.5. The molecule has 0 radical (unpaired) electrons. The van der Waals surface area contributed by atoms with Gasteiger partial charge in [-0.05, 0) is 51.4 Å². The van der Waals surface area contributed by atoms with Gasteiger partial charge in [-0.2, -0.15) is 0 Å². The normalized spacial score (nSPS) is 21.7. The van der Waals surface area contributed by atoms with E-state index in [1.165, 1.54) is 77.0 Å². The summed E-state index contributed by atoms with van der Waals surface area (Å²) in [6.07, 6.45) is 31.0. The van der Waals surface area contributed by atoms with Crippen LogP contribution in [-0.4, -0.2) is 44.3 Å². The number of hydrogen-bond donors (Lipinski definition) is 4. The van der Waals surface area contributed by atoms with Crippen molar-refractivity contribution in [1.29, 1.82) is 0 Å². The SMILES string of the molecule is O=C(O)C1CCCCCCC1.O=C(O)C1CCCCCCC1.O=C(O)C1CCCCCCC1.O=C(O)C1CCCCCCC1.[Ti]. The molecule has 4 fully saturated rings. The standard InChI is InChI=1S/4C9H16O2.Ti/c4*10-9(11)8-6-4-2-1-3-5-7-8;/h4*8H,1-7H2,(H,10,11);. The quantitative estimate of drug-likeness (QED) is 0.216. The summed E-state index contributed by atoms with van der Waals surface area (Å²) in [5.41, 5.74) is 0. The molecule has 0 aromatic carbocycles. The van der Waals surface area contributed by atoms with Crippen LogP contribution in [0, 0.1) is 23.7 Å². The second-order valence-corrected chi connectivity index (χ2v) is 13.5. The Morgan fingerprint density at radius 2 is 0.378 bits per heavy atom. The molecule has 260 valence electrons. The molecular formula is C36H64O8Ti. The third-order valence-corrected chi connectivity index (χ3v) is 9.82. The molecule has 0 amide bonds. The Labute approximate surface area is 287 Å². The van der Waals surface area contributed by atoms with E-state index >= 15 is 0 Å². The maximum absolute atomic E-state index is 10.6.